The molecule has 0 unspecified atom stereocenters. The number of imidazole rings is 1. The summed E-state index contributed by atoms with van der Waals surface area (Å²) in [6.45, 7) is 9.57. The van der Waals surface area contributed by atoms with Gasteiger partial charge in [0.25, 0.3) is 0 Å². The first-order valence-corrected chi connectivity index (χ1v) is 7.57. The zero-order valence-electron chi connectivity index (χ0n) is 12.9. The fourth-order valence-electron chi connectivity index (χ4n) is 2.74. The lowest BCUT2D eigenvalue weighted by molar-refractivity contribution is 0.391. The maximum Gasteiger partial charge on any atom is 0.214 e. The third-order valence-electron chi connectivity index (χ3n) is 4.19. The topological polar surface area (TPSA) is 33.4 Å². The van der Waals surface area contributed by atoms with Crippen molar-refractivity contribution in [2.75, 3.05) is 14.1 Å². The first kappa shape index (κ1) is 13.5. The number of hydrogen-bond donors (Lipinski definition) is 0. The summed E-state index contributed by atoms with van der Waals surface area (Å²) in [5.74, 6) is 1.07. The number of nitrogens with zero attached hydrogens (tertiary/aromatic N) is 4. The van der Waals surface area contributed by atoms with Crippen LogP contribution in [0, 0.1) is 27.7 Å². The molecule has 0 fully saturated rings. The van der Waals surface area contributed by atoms with E-state index >= 15 is 0 Å². The van der Waals surface area contributed by atoms with Crippen LogP contribution in [-0.2, 0) is 6.54 Å². The number of rotatable bonds is 2. The van der Waals surface area contributed by atoms with Crippen LogP contribution in [0.15, 0.2) is 0 Å². The minimum Gasteiger partial charge on any atom is -0.302 e. The van der Waals surface area contributed by atoms with Gasteiger partial charge in [0.2, 0.25) is 4.96 Å². The van der Waals surface area contributed by atoms with Gasteiger partial charge in [-0.3, -0.25) is 4.40 Å². The van der Waals surface area contributed by atoms with Gasteiger partial charge in [-0.15, -0.1) is 0 Å². The molecule has 0 atom stereocenters. The molecule has 2 aromatic heterocycles. The summed E-state index contributed by atoms with van der Waals surface area (Å²) in [6.07, 6.45) is 0. The van der Waals surface area contributed by atoms with Gasteiger partial charge >= 0.3 is 0 Å². The fourth-order valence-corrected chi connectivity index (χ4v) is 3.48. The van der Waals surface area contributed by atoms with E-state index in [1.165, 1.54) is 39.3 Å². The van der Waals surface area contributed by atoms with Crippen LogP contribution in [0.4, 0.5) is 0 Å². The van der Waals surface area contributed by atoms with Crippen LogP contribution in [0.1, 0.15) is 28.1 Å². The van der Waals surface area contributed by atoms with Crippen LogP contribution in [0.3, 0.4) is 0 Å². The quantitative estimate of drug-likeness (QED) is 0.726. The highest BCUT2D eigenvalue weighted by molar-refractivity contribution is 7.11. The highest BCUT2D eigenvalue weighted by Gasteiger charge is 2.18. The normalized spacial score (nSPS) is 12.2. The maximum absolute atomic E-state index is 4.81. The van der Waals surface area contributed by atoms with Gasteiger partial charge in [0.05, 0.1) is 17.6 Å². The van der Waals surface area contributed by atoms with Crippen molar-refractivity contribution < 1.29 is 0 Å². The van der Waals surface area contributed by atoms with Crippen molar-refractivity contribution in [1.29, 1.82) is 0 Å². The molecule has 0 saturated heterocycles. The largest absolute Gasteiger partial charge is 0.302 e. The van der Waals surface area contributed by atoms with E-state index in [4.69, 9.17) is 4.98 Å². The Morgan fingerprint density at radius 3 is 2.30 bits per heavy atom. The third kappa shape index (κ3) is 1.77. The second-order valence-electron chi connectivity index (χ2n) is 5.76. The molecule has 0 aliphatic carbocycles. The van der Waals surface area contributed by atoms with Crippen molar-refractivity contribution in [3.63, 3.8) is 0 Å². The highest BCUT2D eigenvalue weighted by atomic mass is 32.1. The Balaban J connectivity index is 2.45. The van der Waals surface area contributed by atoms with Crippen molar-refractivity contribution in [1.82, 2.24) is 18.7 Å². The predicted octanol–water partition coefficient (Wildman–Crippen LogP) is 3.24. The van der Waals surface area contributed by atoms with E-state index in [-0.39, 0.29) is 0 Å². The Labute approximate surface area is 123 Å². The predicted molar refractivity (Wildman–Crippen MR) is 84.7 cm³/mol. The van der Waals surface area contributed by atoms with E-state index in [0.29, 0.717) is 0 Å². The Morgan fingerprint density at radius 1 is 1.00 bits per heavy atom. The Hall–Kier alpha value is -1.46. The van der Waals surface area contributed by atoms with Crippen molar-refractivity contribution in [2.45, 2.75) is 34.2 Å². The molecule has 0 saturated carbocycles. The average Bonchev–Trinajstić information content (AvgIpc) is 2.93. The number of aryl methyl sites for hydroxylation is 2. The van der Waals surface area contributed by atoms with Gasteiger partial charge in [0.1, 0.15) is 5.82 Å². The average molecular weight is 288 g/mol. The molecule has 1 aromatic carbocycles. The number of hydrogen-bond acceptors (Lipinski definition) is 4. The van der Waals surface area contributed by atoms with E-state index in [1.807, 2.05) is 0 Å². The van der Waals surface area contributed by atoms with Gasteiger partial charge in [-0.05, 0) is 64.0 Å². The van der Waals surface area contributed by atoms with E-state index in [0.717, 1.165) is 22.8 Å². The van der Waals surface area contributed by atoms with E-state index in [9.17, 15) is 0 Å². The Bertz CT molecular complexity index is 811. The Kier molecular flexibility index (Phi) is 3.06. The molecule has 5 heteroatoms. The lowest BCUT2D eigenvalue weighted by atomic mass is 9.97. The summed E-state index contributed by atoms with van der Waals surface area (Å²) in [4.78, 5) is 7.94. The Morgan fingerprint density at radius 2 is 1.65 bits per heavy atom. The summed E-state index contributed by atoms with van der Waals surface area (Å²) in [5, 5.41) is 0. The monoisotopic (exact) mass is 288 g/mol. The van der Waals surface area contributed by atoms with Crippen LogP contribution in [0.2, 0.25) is 0 Å². The molecule has 0 spiro atoms. The van der Waals surface area contributed by atoms with E-state index in [1.54, 1.807) is 0 Å². The summed E-state index contributed by atoms with van der Waals surface area (Å²) in [7, 11) is 4.13. The molecule has 3 rings (SSSR count). The summed E-state index contributed by atoms with van der Waals surface area (Å²) in [5.41, 5.74) is 7.66. The zero-order valence-corrected chi connectivity index (χ0v) is 13.7. The van der Waals surface area contributed by atoms with Gasteiger partial charge in [0, 0.05) is 11.5 Å². The molecule has 0 aliphatic heterocycles. The second kappa shape index (κ2) is 4.53. The molecule has 4 nitrogen and oxygen atoms in total. The molecule has 0 aliphatic rings. The summed E-state index contributed by atoms with van der Waals surface area (Å²) in [6, 6.07) is 0. The molecule has 3 aromatic rings. The molecule has 2 heterocycles. The SMILES string of the molecule is Cc1c(C)c(C)c2c(nc3snc(CN(C)C)n32)c1C. The van der Waals surface area contributed by atoms with Crippen molar-refractivity contribution in [3.8, 4) is 0 Å². The molecule has 0 N–H and O–H groups in total. The molecule has 0 amide bonds. The van der Waals surface area contributed by atoms with Crippen LogP contribution in [0.25, 0.3) is 16.0 Å². The molecule has 20 heavy (non-hydrogen) atoms. The smallest absolute Gasteiger partial charge is 0.214 e. The van der Waals surface area contributed by atoms with Gasteiger partial charge in [-0.25, -0.2) is 4.98 Å². The number of aromatic nitrogens is 3. The van der Waals surface area contributed by atoms with Crippen LogP contribution in [0.5, 0.6) is 0 Å². The molecular weight excluding hydrogens is 268 g/mol. The van der Waals surface area contributed by atoms with Gasteiger partial charge in [0.15, 0.2) is 0 Å². The van der Waals surface area contributed by atoms with Crippen molar-refractivity contribution in [3.05, 3.63) is 28.1 Å². The summed E-state index contributed by atoms with van der Waals surface area (Å²) < 4.78 is 6.80. The number of fused-ring (bicyclic) bond motifs is 3. The van der Waals surface area contributed by atoms with Crippen LogP contribution >= 0.6 is 11.5 Å². The second-order valence-corrected chi connectivity index (χ2v) is 6.49. The first-order chi connectivity index (χ1) is 9.41. The summed E-state index contributed by atoms with van der Waals surface area (Å²) >= 11 is 1.49. The standard InChI is InChI=1S/C15H20N4S/c1-8-9(2)11(4)14-13(10(8)3)16-15-19(14)12(17-20-15)7-18(5)6/h7H2,1-6H3. The van der Waals surface area contributed by atoms with Crippen LogP contribution in [-0.4, -0.2) is 32.8 Å². The van der Waals surface area contributed by atoms with Gasteiger partial charge in [-0.1, -0.05) is 0 Å². The lowest BCUT2D eigenvalue weighted by Gasteiger charge is -2.12. The van der Waals surface area contributed by atoms with Crippen molar-refractivity contribution in [2.24, 2.45) is 0 Å². The van der Waals surface area contributed by atoms with E-state index < -0.39 is 0 Å². The fraction of sp³-hybridized carbons (Fsp3) is 0.467. The maximum atomic E-state index is 4.81. The van der Waals surface area contributed by atoms with Gasteiger partial charge < -0.3 is 4.90 Å². The molecular formula is C15H20N4S. The minimum atomic E-state index is 0.830. The van der Waals surface area contributed by atoms with Gasteiger partial charge in [-0.2, -0.15) is 4.37 Å². The first-order valence-electron chi connectivity index (χ1n) is 6.79. The molecule has 0 bridgehead atoms. The lowest BCUT2D eigenvalue weighted by Crippen LogP contribution is -2.13. The molecule has 0 radical (unpaired) electrons. The van der Waals surface area contributed by atoms with Crippen LogP contribution < -0.4 is 0 Å². The minimum absolute atomic E-state index is 0.830. The highest BCUT2D eigenvalue weighted by Crippen LogP contribution is 2.31. The molecule has 106 valence electrons. The third-order valence-corrected chi connectivity index (χ3v) is 4.93. The van der Waals surface area contributed by atoms with E-state index in [2.05, 4.69) is 55.5 Å². The zero-order chi connectivity index (χ0) is 14.6. The number of benzene rings is 1. The van der Waals surface area contributed by atoms with Crippen molar-refractivity contribution >= 4 is 27.5 Å².